The summed E-state index contributed by atoms with van der Waals surface area (Å²) in [5, 5.41) is 0. The van der Waals surface area contributed by atoms with E-state index in [-0.39, 0.29) is 5.97 Å². The number of esters is 2. The molecule has 144 valence electrons. The zero-order valence-electron chi connectivity index (χ0n) is 16.2. The molecule has 0 radical (unpaired) electrons. The highest BCUT2D eigenvalue weighted by Gasteiger charge is 2.44. The number of nitrogens with zero attached hydrogens (tertiary/aromatic N) is 1. The largest absolute Gasteiger partial charge is 0.468 e. The second kappa shape index (κ2) is 8.18. The van der Waals surface area contributed by atoms with E-state index < -0.39 is 23.0 Å². The normalized spacial score (nSPS) is 18.8. The van der Waals surface area contributed by atoms with Crippen LogP contribution in [0.3, 0.4) is 0 Å². The van der Waals surface area contributed by atoms with E-state index in [4.69, 9.17) is 15.2 Å². The van der Waals surface area contributed by atoms with Crippen LogP contribution in [0.1, 0.15) is 39.2 Å². The van der Waals surface area contributed by atoms with Crippen LogP contribution in [-0.2, 0) is 24.5 Å². The molecule has 1 aliphatic rings. The van der Waals surface area contributed by atoms with E-state index >= 15 is 0 Å². The number of carbonyl (C=O) groups excluding carboxylic acids is 2. The third kappa shape index (κ3) is 4.83. The summed E-state index contributed by atoms with van der Waals surface area (Å²) in [5.41, 5.74) is 5.80. The number of methoxy groups -OCH3 is 1. The third-order valence-corrected chi connectivity index (χ3v) is 4.78. The molecule has 1 saturated heterocycles. The van der Waals surface area contributed by atoms with Crippen molar-refractivity contribution in [2.75, 3.05) is 26.7 Å². The molecule has 1 unspecified atom stereocenters. The lowest BCUT2D eigenvalue weighted by atomic mass is 9.72. The summed E-state index contributed by atoms with van der Waals surface area (Å²) in [6.45, 7) is 7.22. The van der Waals surface area contributed by atoms with Crippen molar-refractivity contribution < 1.29 is 19.1 Å². The number of ether oxygens (including phenoxy) is 2. The fourth-order valence-electron chi connectivity index (χ4n) is 3.41. The molecule has 0 saturated carbocycles. The molecule has 0 bridgehead atoms. The van der Waals surface area contributed by atoms with Gasteiger partial charge in [0.1, 0.15) is 11.6 Å². The van der Waals surface area contributed by atoms with Gasteiger partial charge in [0.15, 0.2) is 0 Å². The average molecular weight is 362 g/mol. The van der Waals surface area contributed by atoms with Crippen molar-refractivity contribution in [3.8, 4) is 0 Å². The van der Waals surface area contributed by atoms with E-state index in [0.717, 1.165) is 5.56 Å². The lowest BCUT2D eigenvalue weighted by Gasteiger charge is -2.40. The highest BCUT2D eigenvalue weighted by atomic mass is 16.6. The van der Waals surface area contributed by atoms with Gasteiger partial charge in [0.05, 0.1) is 12.5 Å². The monoisotopic (exact) mass is 362 g/mol. The Balaban J connectivity index is 2.02. The Bertz CT molecular complexity index is 616. The van der Waals surface area contributed by atoms with Gasteiger partial charge >= 0.3 is 11.9 Å². The van der Waals surface area contributed by atoms with E-state index in [1.54, 1.807) is 0 Å². The van der Waals surface area contributed by atoms with Crippen molar-refractivity contribution in [1.82, 2.24) is 4.90 Å². The SMILES string of the molecule is COC(=O)C1(c2ccccc2)CCN(CC(N)C(=O)OC(C)(C)C)CC1. The number of hydrogen-bond acceptors (Lipinski definition) is 6. The molecular formula is C20H30N2O4. The number of rotatable bonds is 5. The van der Waals surface area contributed by atoms with Crippen molar-refractivity contribution in [1.29, 1.82) is 0 Å². The molecule has 0 aliphatic carbocycles. The van der Waals surface area contributed by atoms with Crippen LogP contribution in [0.15, 0.2) is 30.3 Å². The van der Waals surface area contributed by atoms with Crippen LogP contribution in [0.5, 0.6) is 0 Å². The molecule has 1 aliphatic heterocycles. The van der Waals surface area contributed by atoms with Gasteiger partial charge in [-0.2, -0.15) is 0 Å². The van der Waals surface area contributed by atoms with Crippen LogP contribution < -0.4 is 5.73 Å². The second-order valence-electron chi connectivity index (χ2n) is 7.88. The average Bonchev–Trinajstić information content (AvgIpc) is 2.61. The summed E-state index contributed by atoms with van der Waals surface area (Å²) in [7, 11) is 1.43. The fraction of sp³-hybridized carbons (Fsp3) is 0.600. The quantitative estimate of drug-likeness (QED) is 0.805. The van der Waals surface area contributed by atoms with Crippen molar-refractivity contribution in [3.05, 3.63) is 35.9 Å². The number of likely N-dealkylation sites (tertiary alicyclic amines) is 1. The van der Waals surface area contributed by atoms with E-state index in [1.807, 2.05) is 51.1 Å². The minimum absolute atomic E-state index is 0.209. The zero-order chi connectivity index (χ0) is 19.4. The molecule has 26 heavy (non-hydrogen) atoms. The zero-order valence-corrected chi connectivity index (χ0v) is 16.2. The number of hydrogen-bond donors (Lipinski definition) is 1. The van der Waals surface area contributed by atoms with Crippen molar-refractivity contribution in [2.45, 2.75) is 50.7 Å². The lowest BCUT2D eigenvalue weighted by molar-refractivity contribution is -0.157. The maximum absolute atomic E-state index is 12.5. The van der Waals surface area contributed by atoms with Gasteiger partial charge in [-0.15, -0.1) is 0 Å². The summed E-state index contributed by atoms with van der Waals surface area (Å²) in [5.74, 6) is -0.606. The summed E-state index contributed by atoms with van der Waals surface area (Å²) in [6, 6.07) is 9.05. The first-order valence-corrected chi connectivity index (χ1v) is 9.03. The van der Waals surface area contributed by atoms with E-state index in [1.165, 1.54) is 7.11 Å². The highest BCUT2D eigenvalue weighted by molar-refractivity contribution is 5.83. The van der Waals surface area contributed by atoms with Gasteiger partial charge < -0.3 is 20.1 Å². The van der Waals surface area contributed by atoms with Crippen molar-refractivity contribution in [2.24, 2.45) is 5.73 Å². The van der Waals surface area contributed by atoms with E-state index in [0.29, 0.717) is 32.5 Å². The van der Waals surface area contributed by atoms with Gasteiger partial charge in [-0.05, 0) is 52.3 Å². The fourth-order valence-corrected chi connectivity index (χ4v) is 3.41. The maximum atomic E-state index is 12.5. The van der Waals surface area contributed by atoms with Gasteiger partial charge in [-0.25, -0.2) is 0 Å². The summed E-state index contributed by atoms with van der Waals surface area (Å²) in [6.07, 6.45) is 1.26. The van der Waals surface area contributed by atoms with E-state index in [2.05, 4.69) is 4.90 Å². The molecular weight excluding hydrogens is 332 g/mol. The van der Waals surface area contributed by atoms with Gasteiger partial charge in [-0.3, -0.25) is 9.59 Å². The number of nitrogens with two attached hydrogens (primary N) is 1. The van der Waals surface area contributed by atoms with Crippen LogP contribution in [0, 0.1) is 0 Å². The Hall–Kier alpha value is -1.92. The van der Waals surface area contributed by atoms with E-state index in [9.17, 15) is 9.59 Å². The predicted octanol–water partition coefficient (Wildman–Crippen LogP) is 1.86. The number of carbonyl (C=O) groups is 2. The van der Waals surface area contributed by atoms with Gasteiger partial charge in [0.2, 0.25) is 0 Å². The molecule has 1 fully saturated rings. The van der Waals surface area contributed by atoms with Crippen LogP contribution in [0.4, 0.5) is 0 Å². The minimum Gasteiger partial charge on any atom is -0.468 e. The highest BCUT2D eigenvalue weighted by Crippen LogP contribution is 2.36. The van der Waals surface area contributed by atoms with Crippen LogP contribution in [-0.4, -0.2) is 55.2 Å². The first-order chi connectivity index (χ1) is 12.2. The Morgan fingerprint density at radius 3 is 2.27 bits per heavy atom. The Morgan fingerprint density at radius 1 is 1.19 bits per heavy atom. The molecule has 2 rings (SSSR count). The topological polar surface area (TPSA) is 81.9 Å². The summed E-state index contributed by atoms with van der Waals surface area (Å²) < 4.78 is 10.4. The molecule has 6 heteroatoms. The Morgan fingerprint density at radius 2 is 1.77 bits per heavy atom. The second-order valence-corrected chi connectivity index (χ2v) is 7.88. The molecule has 1 atom stereocenters. The van der Waals surface area contributed by atoms with Gasteiger partial charge in [-0.1, -0.05) is 30.3 Å². The third-order valence-electron chi connectivity index (χ3n) is 4.78. The summed E-state index contributed by atoms with van der Waals surface area (Å²) >= 11 is 0. The van der Waals surface area contributed by atoms with Crippen molar-refractivity contribution >= 4 is 11.9 Å². The molecule has 0 spiro atoms. The maximum Gasteiger partial charge on any atom is 0.324 e. The van der Waals surface area contributed by atoms with Crippen LogP contribution >= 0.6 is 0 Å². The minimum atomic E-state index is -0.698. The molecule has 1 heterocycles. The number of benzene rings is 1. The van der Waals surface area contributed by atoms with Crippen LogP contribution in [0.25, 0.3) is 0 Å². The predicted molar refractivity (Wildman–Crippen MR) is 99.6 cm³/mol. The molecule has 1 aromatic rings. The number of piperidine rings is 1. The lowest BCUT2D eigenvalue weighted by Crippen LogP contribution is -2.52. The Labute approximate surface area is 155 Å². The first-order valence-electron chi connectivity index (χ1n) is 9.03. The summed E-state index contributed by atoms with van der Waals surface area (Å²) in [4.78, 5) is 26.7. The molecule has 6 nitrogen and oxygen atoms in total. The first kappa shape index (κ1) is 20.4. The Kier molecular flexibility index (Phi) is 6.42. The molecule has 0 aromatic heterocycles. The van der Waals surface area contributed by atoms with Gasteiger partial charge in [0.25, 0.3) is 0 Å². The molecule has 0 amide bonds. The smallest absolute Gasteiger partial charge is 0.324 e. The standard InChI is InChI=1S/C20H30N2O4/c1-19(2,3)26-17(23)16(21)14-22-12-10-20(11-13-22,18(24)25-4)15-8-6-5-7-9-15/h5-9,16H,10-14,21H2,1-4H3. The molecule has 2 N–H and O–H groups in total. The van der Waals surface area contributed by atoms with Gasteiger partial charge in [0, 0.05) is 6.54 Å². The van der Waals surface area contributed by atoms with Crippen LogP contribution in [0.2, 0.25) is 0 Å². The van der Waals surface area contributed by atoms with Crippen molar-refractivity contribution in [3.63, 3.8) is 0 Å². The molecule has 1 aromatic carbocycles.